The van der Waals surface area contributed by atoms with E-state index in [0.29, 0.717) is 0 Å². The summed E-state index contributed by atoms with van der Waals surface area (Å²) in [7, 11) is 0. The molecule has 0 aliphatic rings. The Balaban J connectivity index is 3.76. The number of esters is 1. The average Bonchev–Trinajstić information content (AvgIpc) is 1.84. The lowest BCUT2D eigenvalue weighted by molar-refractivity contribution is -0.156. The zero-order chi connectivity index (χ0) is 9.72. The molecule has 0 aliphatic heterocycles. The Hall–Kier alpha value is -1.00. The van der Waals surface area contributed by atoms with E-state index in [2.05, 4.69) is 11.3 Å². The van der Waals surface area contributed by atoms with E-state index in [4.69, 9.17) is 0 Å². The largest absolute Gasteiger partial charge is 0.428 e. The van der Waals surface area contributed by atoms with Crippen molar-refractivity contribution in [2.24, 2.45) is 0 Å². The molecule has 0 heterocycles. The fourth-order valence-corrected chi connectivity index (χ4v) is 0.405. The quantitative estimate of drug-likeness (QED) is 0.491. The molecule has 0 saturated carbocycles. The summed E-state index contributed by atoms with van der Waals surface area (Å²) in [5, 5.41) is 0. The molecule has 0 saturated heterocycles. The van der Waals surface area contributed by atoms with Gasteiger partial charge in [-0.1, -0.05) is 6.58 Å². The molecular weight excluding hydrogens is 173 g/mol. The maximum Gasteiger partial charge on any atom is 0.335 e. The molecule has 0 fully saturated rings. The van der Waals surface area contributed by atoms with E-state index in [1.807, 2.05) is 0 Å². The summed E-state index contributed by atoms with van der Waals surface area (Å²) in [6, 6.07) is 0. The first-order valence-electron chi connectivity index (χ1n) is 3.22. The Bertz CT molecular complexity index is 179. The van der Waals surface area contributed by atoms with Gasteiger partial charge in [-0.25, -0.2) is 18.0 Å². The van der Waals surface area contributed by atoms with Crippen LogP contribution in [0.15, 0.2) is 12.2 Å². The second-order valence-corrected chi connectivity index (χ2v) is 2.22. The lowest BCUT2D eigenvalue weighted by Crippen LogP contribution is -2.16. The van der Waals surface area contributed by atoms with Crippen LogP contribution in [-0.4, -0.2) is 18.8 Å². The third-order valence-electron chi connectivity index (χ3n) is 0.947. The molecule has 2 nitrogen and oxygen atoms in total. The molecule has 1 atom stereocenters. The van der Waals surface area contributed by atoms with Crippen LogP contribution in [0.25, 0.3) is 0 Å². The van der Waals surface area contributed by atoms with Gasteiger partial charge in [-0.2, -0.15) is 0 Å². The lowest BCUT2D eigenvalue weighted by Gasteiger charge is -2.08. The van der Waals surface area contributed by atoms with E-state index >= 15 is 0 Å². The smallest absolute Gasteiger partial charge is 0.335 e. The molecule has 0 radical (unpaired) electrons. The number of carbonyl (C=O) groups is 1. The summed E-state index contributed by atoms with van der Waals surface area (Å²) >= 11 is 0. The molecule has 0 aromatic heterocycles. The van der Waals surface area contributed by atoms with Crippen LogP contribution < -0.4 is 0 Å². The minimum Gasteiger partial charge on any atom is -0.428 e. The maximum atomic E-state index is 12.3. The molecule has 5 heteroatoms. The Labute approximate surface area is 68.0 Å². The highest BCUT2D eigenvalue weighted by atomic mass is 19.3. The Morgan fingerprint density at radius 3 is 2.33 bits per heavy atom. The normalized spacial score (nSPS) is 12.8. The second-order valence-electron chi connectivity index (χ2n) is 2.22. The van der Waals surface area contributed by atoms with Crippen LogP contribution in [0.5, 0.6) is 0 Å². The van der Waals surface area contributed by atoms with E-state index in [9.17, 15) is 18.0 Å². The third-order valence-corrected chi connectivity index (χ3v) is 0.947. The fourth-order valence-electron chi connectivity index (χ4n) is 0.405. The van der Waals surface area contributed by atoms with Crippen molar-refractivity contribution in [1.82, 2.24) is 0 Å². The predicted octanol–water partition coefficient (Wildman–Crippen LogP) is 2.06. The highest BCUT2D eigenvalue weighted by molar-refractivity contribution is 5.86. The zero-order valence-corrected chi connectivity index (χ0v) is 6.52. The van der Waals surface area contributed by atoms with Crippen molar-refractivity contribution >= 4 is 5.97 Å². The van der Waals surface area contributed by atoms with Crippen LogP contribution in [0.2, 0.25) is 0 Å². The SMILES string of the molecule is C=C(C)C(=O)OC(F)CC(F)F. The number of hydrogen-bond acceptors (Lipinski definition) is 2. The van der Waals surface area contributed by atoms with Gasteiger partial charge in [0.1, 0.15) is 0 Å². The van der Waals surface area contributed by atoms with Crippen LogP contribution in [0.3, 0.4) is 0 Å². The minimum absolute atomic E-state index is 0.0214. The predicted molar refractivity (Wildman–Crippen MR) is 36.4 cm³/mol. The first-order chi connectivity index (χ1) is 5.43. The Kier molecular flexibility index (Phi) is 4.39. The molecule has 12 heavy (non-hydrogen) atoms. The molecule has 1 unspecified atom stereocenters. The van der Waals surface area contributed by atoms with E-state index in [1.54, 1.807) is 0 Å². The summed E-state index contributed by atoms with van der Waals surface area (Å²) in [6.45, 7) is 4.46. The Morgan fingerprint density at radius 2 is 2.00 bits per heavy atom. The number of ether oxygens (including phenoxy) is 1. The molecule has 0 aromatic carbocycles. The molecule has 0 aromatic rings. The van der Waals surface area contributed by atoms with Crippen LogP contribution in [-0.2, 0) is 9.53 Å². The standard InChI is InChI=1S/C7H9F3O2/c1-4(2)7(11)12-6(10)3-5(8)9/h5-6H,1,3H2,2H3. The molecule has 0 rings (SSSR count). The Morgan fingerprint density at radius 1 is 1.50 bits per heavy atom. The molecule has 0 bridgehead atoms. The third kappa shape index (κ3) is 4.76. The molecular formula is C7H9F3O2. The van der Waals surface area contributed by atoms with Crippen LogP contribution in [0.4, 0.5) is 13.2 Å². The van der Waals surface area contributed by atoms with Crippen molar-refractivity contribution in [1.29, 1.82) is 0 Å². The molecule has 0 amide bonds. The fraction of sp³-hybridized carbons (Fsp3) is 0.571. The van der Waals surface area contributed by atoms with Gasteiger partial charge >= 0.3 is 5.97 Å². The summed E-state index contributed by atoms with van der Waals surface area (Å²) in [5.74, 6) is -0.997. The lowest BCUT2D eigenvalue weighted by atomic mass is 10.3. The number of rotatable bonds is 4. The average molecular weight is 182 g/mol. The highest BCUT2D eigenvalue weighted by Crippen LogP contribution is 2.10. The van der Waals surface area contributed by atoms with Gasteiger partial charge in [-0.05, 0) is 6.92 Å². The van der Waals surface area contributed by atoms with Crippen molar-refractivity contribution in [2.75, 3.05) is 0 Å². The summed E-state index contributed by atoms with van der Waals surface area (Å²) in [6.07, 6.45) is -6.17. The van der Waals surface area contributed by atoms with Gasteiger partial charge in [0.05, 0.1) is 6.42 Å². The van der Waals surface area contributed by atoms with Crippen molar-refractivity contribution in [3.8, 4) is 0 Å². The highest BCUT2D eigenvalue weighted by Gasteiger charge is 2.18. The molecule has 0 aliphatic carbocycles. The van der Waals surface area contributed by atoms with Gasteiger partial charge < -0.3 is 4.74 Å². The van der Waals surface area contributed by atoms with Crippen LogP contribution in [0, 0.1) is 0 Å². The van der Waals surface area contributed by atoms with Gasteiger partial charge in [0.15, 0.2) is 0 Å². The zero-order valence-electron chi connectivity index (χ0n) is 6.52. The number of hydrogen-bond donors (Lipinski definition) is 0. The monoisotopic (exact) mass is 182 g/mol. The summed E-state index contributed by atoms with van der Waals surface area (Å²) < 4.78 is 39.2. The van der Waals surface area contributed by atoms with Crippen LogP contribution in [0.1, 0.15) is 13.3 Å². The second kappa shape index (κ2) is 4.79. The molecule has 0 N–H and O–H groups in total. The van der Waals surface area contributed by atoms with E-state index < -0.39 is 25.2 Å². The van der Waals surface area contributed by atoms with Gasteiger partial charge in [0.25, 0.3) is 0 Å². The first-order valence-corrected chi connectivity index (χ1v) is 3.22. The van der Waals surface area contributed by atoms with Gasteiger partial charge in [0, 0.05) is 5.57 Å². The topological polar surface area (TPSA) is 26.3 Å². The minimum atomic E-state index is -2.82. The van der Waals surface area contributed by atoms with Gasteiger partial charge in [0.2, 0.25) is 12.8 Å². The van der Waals surface area contributed by atoms with Gasteiger partial charge in [-0.3, -0.25) is 0 Å². The number of halogens is 3. The molecule has 70 valence electrons. The van der Waals surface area contributed by atoms with E-state index in [1.165, 1.54) is 6.92 Å². The molecule has 0 spiro atoms. The maximum absolute atomic E-state index is 12.3. The van der Waals surface area contributed by atoms with Crippen molar-refractivity contribution in [3.05, 3.63) is 12.2 Å². The summed E-state index contributed by atoms with van der Waals surface area (Å²) in [4.78, 5) is 10.5. The van der Waals surface area contributed by atoms with E-state index in [0.717, 1.165) is 0 Å². The van der Waals surface area contributed by atoms with Gasteiger partial charge in [-0.15, -0.1) is 0 Å². The van der Waals surface area contributed by atoms with Crippen LogP contribution >= 0.6 is 0 Å². The first kappa shape index (κ1) is 11.0. The number of carbonyl (C=O) groups excluding carboxylic acids is 1. The summed E-state index contributed by atoms with van der Waals surface area (Å²) in [5.41, 5.74) is -0.0214. The van der Waals surface area contributed by atoms with Crippen molar-refractivity contribution in [2.45, 2.75) is 26.1 Å². The number of alkyl halides is 3. The van der Waals surface area contributed by atoms with Crippen molar-refractivity contribution in [3.63, 3.8) is 0 Å². The van der Waals surface area contributed by atoms with Crippen molar-refractivity contribution < 1.29 is 22.7 Å². The van der Waals surface area contributed by atoms with E-state index in [-0.39, 0.29) is 5.57 Å².